The van der Waals surface area contributed by atoms with Gasteiger partial charge in [0.05, 0.1) is 5.56 Å². The first-order valence-corrected chi connectivity index (χ1v) is 8.19. The van der Waals surface area contributed by atoms with E-state index in [4.69, 9.17) is 5.11 Å². The second kappa shape index (κ2) is 7.82. The molecule has 2 amide bonds. The number of hydrogen-bond donors (Lipinski definition) is 3. The van der Waals surface area contributed by atoms with Crippen LogP contribution in [0.5, 0.6) is 0 Å². The molecular weight excluding hydrogens is 332 g/mol. The molecule has 0 atom stereocenters. The summed E-state index contributed by atoms with van der Waals surface area (Å²) >= 11 is 0. The van der Waals surface area contributed by atoms with Crippen molar-refractivity contribution in [2.75, 3.05) is 5.32 Å². The van der Waals surface area contributed by atoms with E-state index in [0.717, 1.165) is 5.56 Å². The van der Waals surface area contributed by atoms with Gasteiger partial charge in [0, 0.05) is 23.2 Å². The first-order chi connectivity index (χ1) is 12.2. The van der Waals surface area contributed by atoms with Crippen molar-refractivity contribution in [1.29, 1.82) is 0 Å². The summed E-state index contributed by atoms with van der Waals surface area (Å²) in [6.45, 7) is 5.85. The van der Waals surface area contributed by atoms with Crippen LogP contribution < -0.4 is 10.6 Å². The van der Waals surface area contributed by atoms with Crippen LogP contribution in [0.1, 0.15) is 47.1 Å². The van der Waals surface area contributed by atoms with Crippen LogP contribution in [0.25, 0.3) is 0 Å². The minimum atomic E-state index is -0.990. The molecule has 6 heteroatoms. The molecule has 0 fully saturated rings. The number of aromatic carboxylic acids is 1. The predicted octanol–water partition coefficient (Wildman–Crippen LogP) is 3.94. The van der Waals surface area contributed by atoms with E-state index in [1.807, 2.05) is 20.8 Å². The summed E-state index contributed by atoms with van der Waals surface area (Å²) in [7, 11) is 0. The molecule has 0 aliphatic heterocycles. The van der Waals surface area contributed by atoms with Crippen LogP contribution >= 0.6 is 0 Å². The predicted molar refractivity (Wildman–Crippen MR) is 99.5 cm³/mol. The van der Waals surface area contributed by atoms with Gasteiger partial charge in [-0.1, -0.05) is 32.9 Å². The lowest BCUT2D eigenvalue weighted by Gasteiger charge is -2.16. The molecule has 2 aromatic rings. The second-order valence-electron chi connectivity index (χ2n) is 6.97. The van der Waals surface area contributed by atoms with Gasteiger partial charge in [-0.25, -0.2) is 9.59 Å². The minimum Gasteiger partial charge on any atom is -0.478 e. The summed E-state index contributed by atoms with van der Waals surface area (Å²) in [6, 6.07) is 12.6. The summed E-state index contributed by atoms with van der Waals surface area (Å²) in [5, 5.41) is 14.2. The molecule has 0 unspecified atom stereocenters. The largest absolute Gasteiger partial charge is 0.478 e. The van der Waals surface area contributed by atoms with E-state index in [-0.39, 0.29) is 23.9 Å². The molecule has 0 saturated heterocycles. The number of rotatable bonds is 5. The maximum Gasteiger partial charge on any atom is 0.335 e. The van der Waals surface area contributed by atoms with Crippen molar-refractivity contribution < 1.29 is 19.5 Å². The lowest BCUT2D eigenvalue weighted by molar-refractivity contribution is 0.0696. The quantitative estimate of drug-likeness (QED) is 0.709. The van der Waals surface area contributed by atoms with Crippen LogP contribution in [0.4, 0.5) is 10.5 Å². The highest BCUT2D eigenvalue weighted by Crippen LogP contribution is 2.21. The number of Topliss-reactive ketones (excluding diaryl/α,β-unsaturated/α-hetero) is 1. The van der Waals surface area contributed by atoms with E-state index in [9.17, 15) is 14.4 Å². The molecular formula is C20H22N2O4. The first kappa shape index (κ1) is 19.2. The van der Waals surface area contributed by atoms with Gasteiger partial charge in [-0.05, 0) is 42.0 Å². The Morgan fingerprint density at radius 1 is 0.885 bits per heavy atom. The second-order valence-corrected chi connectivity index (χ2v) is 6.97. The lowest BCUT2D eigenvalue weighted by atomic mass is 9.86. The van der Waals surface area contributed by atoms with E-state index in [0.29, 0.717) is 11.3 Å². The Labute approximate surface area is 152 Å². The van der Waals surface area contributed by atoms with Crippen LogP contribution in [0.15, 0.2) is 48.5 Å². The Balaban J connectivity index is 1.89. The van der Waals surface area contributed by atoms with Gasteiger partial charge in [0.2, 0.25) is 0 Å². The molecule has 0 saturated carbocycles. The van der Waals surface area contributed by atoms with Gasteiger partial charge in [-0.2, -0.15) is 0 Å². The number of carbonyl (C=O) groups excluding carboxylic acids is 2. The number of carboxylic acids is 1. The third-order valence-electron chi connectivity index (χ3n) is 3.74. The summed E-state index contributed by atoms with van der Waals surface area (Å²) in [5.74, 6) is -0.950. The smallest absolute Gasteiger partial charge is 0.335 e. The molecule has 0 heterocycles. The maximum absolute atomic E-state index is 12.2. The van der Waals surface area contributed by atoms with E-state index in [1.54, 1.807) is 36.4 Å². The van der Waals surface area contributed by atoms with Gasteiger partial charge < -0.3 is 15.7 Å². The molecule has 0 spiro atoms. The average molecular weight is 354 g/mol. The standard InChI is InChI=1S/C20H22N2O4/c1-20(2,3)17(23)14-8-10-16(11-9-14)22-19(26)21-12-13-4-6-15(7-5-13)18(24)25/h4-11H,12H2,1-3H3,(H,24,25)(H2,21,22,26). The highest BCUT2D eigenvalue weighted by Gasteiger charge is 2.22. The molecule has 136 valence electrons. The number of nitrogens with one attached hydrogen (secondary N) is 2. The van der Waals surface area contributed by atoms with Gasteiger partial charge in [-0.3, -0.25) is 4.79 Å². The Bertz CT molecular complexity index is 803. The summed E-state index contributed by atoms with van der Waals surface area (Å²) in [6.07, 6.45) is 0. The fourth-order valence-electron chi connectivity index (χ4n) is 2.26. The number of carboxylic acid groups (broad SMARTS) is 1. The van der Waals surface area contributed by atoms with Gasteiger partial charge >= 0.3 is 12.0 Å². The molecule has 0 aliphatic rings. The van der Waals surface area contributed by atoms with Crippen molar-refractivity contribution in [2.24, 2.45) is 5.41 Å². The number of urea groups is 1. The zero-order valence-corrected chi connectivity index (χ0v) is 15.0. The minimum absolute atomic E-state index is 0.0401. The van der Waals surface area contributed by atoms with Crippen molar-refractivity contribution >= 4 is 23.5 Å². The zero-order valence-electron chi connectivity index (χ0n) is 15.0. The van der Waals surface area contributed by atoms with Crippen LogP contribution in [0, 0.1) is 5.41 Å². The Morgan fingerprint density at radius 2 is 1.42 bits per heavy atom. The molecule has 0 aliphatic carbocycles. The third-order valence-corrected chi connectivity index (χ3v) is 3.74. The highest BCUT2D eigenvalue weighted by molar-refractivity contribution is 6.00. The number of carbonyl (C=O) groups is 3. The van der Waals surface area contributed by atoms with Gasteiger partial charge in [0.15, 0.2) is 5.78 Å². The average Bonchev–Trinajstić information content (AvgIpc) is 2.59. The lowest BCUT2D eigenvalue weighted by Crippen LogP contribution is -2.28. The highest BCUT2D eigenvalue weighted by atomic mass is 16.4. The Hall–Kier alpha value is -3.15. The number of anilines is 1. The van der Waals surface area contributed by atoms with Crippen LogP contribution in [0.3, 0.4) is 0 Å². The Morgan fingerprint density at radius 3 is 1.92 bits per heavy atom. The monoisotopic (exact) mass is 354 g/mol. The van der Waals surface area contributed by atoms with Crippen molar-refractivity contribution in [3.05, 3.63) is 65.2 Å². The van der Waals surface area contributed by atoms with E-state index < -0.39 is 11.4 Å². The van der Waals surface area contributed by atoms with Crippen molar-refractivity contribution in [1.82, 2.24) is 5.32 Å². The van der Waals surface area contributed by atoms with E-state index in [2.05, 4.69) is 10.6 Å². The van der Waals surface area contributed by atoms with Crippen molar-refractivity contribution in [3.8, 4) is 0 Å². The van der Waals surface area contributed by atoms with Gasteiger partial charge in [0.1, 0.15) is 0 Å². The SMILES string of the molecule is CC(C)(C)C(=O)c1ccc(NC(=O)NCc2ccc(C(=O)O)cc2)cc1. The van der Waals surface area contributed by atoms with Crippen LogP contribution in [-0.4, -0.2) is 22.9 Å². The zero-order chi connectivity index (χ0) is 19.3. The molecule has 26 heavy (non-hydrogen) atoms. The number of benzene rings is 2. The summed E-state index contributed by atoms with van der Waals surface area (Å²) < 4.78 is 0. The molecule has 2 rings (SSSR count). The van der Waals surface area contributed by atoms with E-state index >= 15 is 0 Å². The first-order valence-electron chi connectivity index (χ1n) is 8.19. The fraction of sp³-hybridized carbons (Fsp3) is 0.250. The van der Waals surface area contributed by atoms with Gasteiger partial charge in [0.25, 0.3) is 0 Å². The molecule has 2 aromatic carbocycles. The number of ketones is 1. The van der Waals surface area contributed by atoms with Crippen LogP contribution in [0.2, 0.25) is 0 Å². The molecule has 0 bridgehead atoms. The molecule has 0 radical (unpaired) electrons. The van der Waals surface area contributed by atoms with Crippen molar-refractivity contribution in [3.63, 3.8) is 0 Å². The van der Waals surface area contributed by atoms with E-state index in [1.165, 1.54) is 12.1 Å². The normalized spacial score (nSPS) is 10.9. The Kier molecular flexibility index (Phi) is 5.77. The summed E-state index contributed by atoms with van der Waals surface area (Å²) in [5.41, 5.74) is 1.71. The molecule has 6 nitrogen and oxygen atoms in total. The third kappa shape index (κ3) is 5.17. The topological polar surface area (TPSA) is 95.5 Å². The van der Waals surface area contributed by atoms with Gasteiger partial charge in [-0.15, -0.1) is 0 Å². The van der Waals surface area contributed by atoms with Crippen LogP contribution in [-0.2, 0) is 6.54 Å². The number of hydrogen-bond acceptors (Lipinski definition) is 3. The van der Waals surface area contributed by atoms with Crippen molar-refractivity contribution in [2.45, 2.75) is 27.3 Å². The maximum atomic E-state index is 12.2. The fourth-order valence-corrected chi connectivity index (χ4v) is 2.26. The molecule has 3 N–H and O–H groups in total. The molecule has 0 aromatic heterocycles. The number of amides is 2. The summed E-state index contributed by atoms with van der Waals surface area (Å²) in [4.78, 5) is 34.9.